The minimum absolute atomic E-state index is 0.0408. The third kappa shape index (κ3) is 9.60. The average Bonchev–Trinajstić information content (AvgIpc) is 3.59. The zero-order valence-corrected chi connectivity index (χ0v) is 30.6. The van der Waals surface area contributed by atoms with Crippen LogP contribution in [0.5, 0.6) is 0 Å². The van der Waals surface area contributed by atoms with Crippen LogP contribution in [0.15, 0.2) is 54.7 Å². The number of hydrogen-bond donors (Lipinski definition) is 4. The number of hydrogen-bond acceptors (Lipinski definition) is 11. The highest BCUT2D eigenvalue weighted by atomic mass is 35.5. The van der Waals surface area contributed by atoms with Crippen molar-refractivity contribution < 1.29 is 19.2 Å². The van der Waals surface area contributed by atoms with Gasteiger partial charge in [-0.3, -0.25) is 29.5 Å². The first kappa shape index (κ1) is 36.7. The van der Waals surface area contributed by atoms with E-state index in [4.69, 9.17) is 11.6 Å². The summed E-state index contributed by atoms with van der Waals surface area (Å²) in [5.41, 5.74) is 2.81. The molecule has 4 N–H and O–H groups in total. The van der Waals surface area contributed by atoms with Crippen LogP contribution >= 0.6 is 22.9 Å². The number of nitrogens with zero attached hydrogens (tertiary/aromatic N) is 6. The number of nitrogens with one attached hydrogen (secondary N) is 4. The fraction of sp³-hybridized carbons (Fsp3) is 0.361. The number of rotatable bonds is 13. The Morgan fingerprint density at radius 1 is 0.942 bits per heavy atom. The standard InChI is InChI=1S/C36H41ClN10O4S/c1-23-7-6-8-27(37)33(23)44-34(50)28-22-38-35(52-28)42-29-21-30(40-24(2)39-29)46-19-17-45(18-20-46)15-5-3-4-9-31(48)41-25-10-12-26(13-11-25)47-16-14-32(49)43-36(47)51/h6-8,10-13,21-22H,3-5,9,14-20H2,1-2H3,(H,41,48)(H,44,50)(H,43,49,51)(H,38,39,40,42). The summed E-state index contributed by atoms with van der Waals surface area (Å²) in [7, 11) is 0. The largest absolute Gasteiger partial charge is 0.354 e. The minimum atomic E-state index is -0.434. The summed E-state index contributed by atoms with van der Waals surface area (Å²) < 4.78 is 0. The summed E-state index contributed by atoms with van der Waals surface area (Å²) in [6.45, 7) is 8.54. The van der Waals surface area contributed by atoms with E-state index in [1.807, 2.05) is 32.0 Å². The summed E-state index contributed by atoms with van der Waals surface area (Å²) in [6, 6.07) is 14.0. The van der Waals surface area contributed by atoms with E-state index in [9.17, 15) is 19.2 Å². The van der Waals surface area contributed by atoms with E-state index >= 15 is 0 Å². The van der Waals surface area contributed by atoms with Gasteiger partial charge in [0.25, 0.3) is 5.91 Å². The van der Waals surface area contributed by atoms with E-state index in [0.717, 1.165) is 63.4 Å². The number of thiazole rings is 1. The fourth-order valence-corrected chi connectivity index (χ4v) is 7.03. The molecular weight excluding hydrogens is 704 g/mol. The molecule has 0 saturated carbocycles. The van der Waals surface area contributed by atoms with E-state index in [1.165, 1.54) is 22.4 Å². The van der Waals surface area contributed by atoms with Gasteiger partial charge in [-0.1, -0.05) is 41.5 Å². The normalized spacial score (nSPS) is 15.0. The number of aromatic nitrogens is 3. The van der Waals surface area contributed by atoms with Crippen LogP contribution in [0.1, 0.15) is 53.2 Å². The van der Waals surface area contributed by atoms with Crippen molar-refractivity contribution in [2.24, 2.45) is 0 Å². The number of carbonyl (C=O) groups excluding carboxylic acids is 4. The number of imide groups is 1. The van der Waals surface area contributed by atoms with E-state index in [1.54, 1.807) is 30.3 Å². The van der Waals surface area contributed by atoms with Gasteiger partial charge in [0.2, 0.25) is 11.8 Å². The van der Waals surface area contributed by atoms with Crippen LogP contribution in [0, 0.1) is 13.8 Å². The number of halogens is 1. The highest BCUT2D eigenvalue weighted by Gasteiger charge is 2.24. The zero-order valence-electron chi connectivity index (χ0n) is 29.1. The number of aryl methyl sites for hydroxylation is 2. The first-order valence-electron chi connectivity index (χ1n) is 17.2. The van der Waals surface area contributed by atoms with Gasteiger partial charge in [-0.05, 0) is 69.1 Å². The monoisotopic (exact) mass is 744 g/mol. The molecule has 52 heavy (non-hydrogen) atoms. The van der Waals surface area contributed by atoms with Gasteiger partial charge in [-0.15, -0.1) is 0 Å². The summed E-state index contributed by atoms with van der Waals surface area (Å²) in [6.07, 6.45) is 4.99. The van der Waals surface area contributed by atoms with Gasteiger partial charge in [0.05, 0.1) is 16.9 Å². The zero-order chi connectivity index (χ0) is 36.6. The second-order valence-electron chi connectivity index (χ2n) is 12.7. The van der Waals surface area contributed by atoms with E-state index < -0.39 is 6.03 Å². The van der Waals surface area contributed by atoms with Crippen molar-refractivity contribution in [2.45, 2.75) is 46.0 Å². The van der Waals surface area contributed by atoms with Crippen LogP contribution in [-0.2, 0) is 9.59 Å². The van der Waals surface area contributed by atoms with Crippen LogP contribution < -0.4 is 31.1 Å². The van der Waals surface area contributed by atoms with E-state index in [2.05, 4.69) is 46.0 Å². The van der Waals surface area contributed by atoms with Crippen molar-refractivity contribution >= 4 is 80.5 Å². The Kier molecular flexibility index (Phi) is 11.9. The van der Waals surface area contributed by atoms with Gasteiger partial charge in [0.15, 0.2) is 5.13 Å². The third-order valence-electron chi connectivity index (χ3n) is 8.84. The second kappa shape index (κ2) is 16.9. The number of benzene rings is 2. The highest BCUT2D eigenvalue weighted by Crippen LogP contribution is 2.29. The van der Waals surface area contributed by atoms with Crippen molar-refractivity contribution in [1.82, 2.24) is 25.2 Å². The molecule has 0 unspecified atom stereocenters. The molecular formula is C36H41ClN10O4S. The lowest BCUT2D eigenvalue weighted by atomic mass is 10.1. The topological polar surface area (TPSA) is 165 Å². The first-order chi connectivity index (χ1) is 25.1. The van der Waals surface area contributed by atoms with Crippen LogP contribution in [0.2, 0.25) is 5.02 Å². The predicted octanol–water partition coefficient (Wildman–Crippen LogP) is 5.97. The molecule has 2 saturated heterocycles. The Bertz CT molecular complexity index is 1910. The second-order valence-corrected chi connectivity index (χ2v) is 14.1. The molecule has 14 nitrogen and oxygen atoms in total. The Hall–Kier alpha value is -5.12. The molecule has 4 aromatic rings. The van der Waals surface area contributed by atoms with Crippen LogP contribution in [0.25, 0.3) is 0 Å². The molecule has 4 heterocycles. The maximum absolute atomic E-state index is 12.9. The van der Waals surface area contributed by atoms with Crippen LogP contribution in [-0.4, -0.2) is 82.9 Å². The average molecular weight is 745 g/mol. The maximum Gasteiger partial charge on any atom is 0.328 e. The summed E-state index contributed by atoms with van der Waals surface area (Å²) in [5.74, 6) is 1.49. The van der Waals surface area contributed by atoms with Crippen LogP contribution in [0.4, 0.5) is 38.6 Å². The molecule has 6 rings (SSSR count). The van der Waals surface area contributed by atoms with Crippen molar-refractivity contribution in [2.75, 3.05) is 65.0 Å². The Labute approximate surface area is 311 Å². The Morgan fingerprint density at radius 2 is 1.73 bits per heavy atom. The van der Waals surface area contributed by atoms with Gasteiger partial charge in [0.1, 0.15) is 22.3 Å². The van der Waals surface area contributed by atoms with Crippen molar-refractivity contribution in [3.05, 3.63) is 76.0 Å². The predicted molar refractivity (Wildman–Crippen MR) is 204 cm³/mol. The minimum Gasteiger partial charge on any atom is -0.354 e. The van der Waals surface area contributed by atoms with Crippen molar-refractivity contribution in [3.63, 3.8) is 0 Å². The number of carbonyl (C=O) groups is 4. The summed E-state index contributed by atoms with van der Waals surface area (Å²) in [4.78, 5) is 69.1. The molecule has 0 radical (unpaired) electrons. The quantitative estimate of drug-likeness (QED) is 0.120. The van der Waals surface area contributed by atoms with E-state index in [-0.39, 0.29) is 24.1 Å². The lowest BCUT2D eigenvalue weighted by Crippen LogP contribution is -2.49. The smallest absolute Gasteiger partial charge is 0.328 e. The number of piperazine rings is 1. The number of anilines is 6. The van der Waals surface area contributed by atoms with E-state index in [0.29, 0.717) is 56.7 Å². The van der Waals surface area contributed by atoms with Gasteiger partial charge in [-0.25, -0.2) is 19.7 Å². The molecule has 2 aromatic heterocycles. The van der Waals surface area contributed by atoms with Gasteiger partial charge < -0.3 is 20.9 Å². The summed E-state index contributed by atoms with van der Waals surface area (Å²) >= 11 is 7.51. The number of para-hydroxylation sites is 1. The first-order valence-corrected chi connectivity index (χ1v) is 18.4. The number of amides is 5. The lowest BCUT2D eigenvalue weighted by Gasteiger charge is -2.35. The lowest BCUT2D eigenvalue weighted by molar-refractivity contribution is -0.120. The molecule has 2 fully saturated rings. The molecule has 2 aliphatic rings. The molecule has 5 amide bonds. The molecule has 0 spiro atoms. The third-order valence-corrected chi connectivity index (χ3v) is 10.1. The number of unbranched alkanes of at least 4 members (excludes halogenated alkanes) is 2. The Morgan fingerprint density at radius 3 is 2.48 bits per heavy atom. The van der Waals surface area contributed by atoms with Crippen molar-refractivity contribution in [1.29, 1.82) is 0 Å². The maximum atomic E-state index is 12.9. The van der Waals surface area contributed by atoms with Crippen molar-refractivity contribution in [3.8, 4) is 0 Å². The molecule has 0 atom stereocenters. The molecule has 272 valence electrons. The van der Waals surface area contributed by atoms with Gasteiger partial charge >= 0.3 is 6.03 Å². The molecule has 16 heteroatoms. The van der Waals surface area contributed by atoms with Gasteiger partial charge in [0, 0.05) is 63.0 Å². The highest BCUT2D eigenvalue weighted by molar-refractivity contribution is 7.17. The molecule has 2 aromatic carbocycles. The molecule has 0 aliphatic carbocycles. The number of urea groups is 1. The van der Waals surface area contributed by atoms with Gasteiger partial charge in [-0.2, -0.15) is 0 Å². The SMILES string of the molecule is Cc1nc(Nc2ncc(C(=O)Nc3c(C)cccc3Cl)s2)cc(N2CCN(CCCCCC(=O)Nc3ccc(N4CCC(=O)NC4=O)cc3)CC2)n1. The molecule has 2 aliphatic heterocycles. The molecule has 0 bridgehead atoms. The fourth-order valence-electron chi connectivity index (χ4n) is 6.05. The van der Waals surface area contributed by atoms with Crippen LogP contribution in [0.3, 0.4) is 0 Å². The Balaban J connectivity index is 0.895. The summed E-state index contributed by atoms with van der Waals surface area (Å²) in [5, 5.41) is 12.4.